The highest BCUT2D eigenvalue weighted by atomic mass is 16.1. The lowest BCUT2D eigenvalue weighted by molar-refractivity contribution is -0.124. The van der Waals surface area contributed by atoms with Gasteiger partial charge in [-0.3, -0.25) is 4.79 Å². The Bertz CT molecular complexity index is 135. The summed E-state index contributed by atoms with van der Waals surface area (Å²) in [6, 6.07) is 0. The van der Waals surface area contributed by atoms with Gasteiger partial charge in [-0.25, -0.2) is 0 Å². The third kappa shape index (κ3) is 4.82. The fourth-order valence-corrected chi connectivity index (χ4v) is 1.26. The normalized spacial score (nSPS) is 14.3. The average molecular weight is 157 g/mol. The monoisotopic (exact) mass is 157 g/mol. The van der Waals surface area contributed by atoms with Gasteiger partial charge in [0.15, 0.2) is 0 Å². The van der Waals surface area contributed by atoms with Crippen molar-refractivity contribution in [1.29, 1.82) is 0 Å². The van der Waals surface area contributed by atoms with E-state index in [0.29, 0.717) is 0 Å². The van der Waals surface area contributed by atoms with Gasteiger partial charge in [-0.1, -0.05) is 27.7 Å². The molecular weight excluding hydrogens is 138 g/mol. The van der Waals surface area contributed by atoms with Crippen LogP contribution in [0.25, 0.3) is 0 Å². The van der Waals surface area contributed by atoms with Crippen LogP contribution in [0.1, 0.15) is 34.1 Å². The highest BCUT2D eigenvalue weighted by molar-refractivity contribution is 5.77. The molecule has 0 fully saturated rings. The van der Waals surface area contributed by atoms with Crippen molar-refractivity contribution in [1.82, 2.24) is 5.32 Å². The van der Waals surface area contributed by atoms with Gasteiger partial charge < -0.3 is 5.32 Å². The Kier molecular flexibility index (Phi) is 3.56. The molecule has 0 bridgehead atoms. The van der Waals surface area contributed by atoms with Gasteiger partial charge in [0.1, 0.15) is 0 Å². The topological polar surface area (TPSA) is 29.1 Å². The Labute approximate surface area is 69.4 Å². The van der Waals surface area contributed by atoms with E-state index in [1.807, 2.05) is 6.92 Å². The molecule has 1 atom stereocenters. The van der Waals surface area contributed by atoms with E-state index in [1.165, 1.54) is 0 Å². The highest BCUT2D eigenvalue weighted by Crippen LogP contribution is 2.23. The molecule has 0 aliphatic heterocycles. The molecule has 0 aromatic rings. The number of amides is 1. The van der Waals surface area contributed by atoms with Gasteiger partial charge in [-0.05, 0) is 11.8 Å². The van der Waals surface area contributed by atoms with Crippen LogP contribution >= 0.6 is 0 Å². The number of carbonyl (C=O) groups excluding carboxylic acids is 1. The van der Waals surface area contributed by atoms with E-state index in [-0.39, 0.29) is 17.2 Å². The molecule has 0 saturated heterocycles. The van der Waals surface area contributed by atoms with Gasteiger partial charge in [-0.2, -0.15) is 0 Å². The van der Waals surface area contributed by atoms with Crippen LogP contribution in [0, 0.1) is 11.3 Å². The fraction of sp³-hybridized carbons (Fsp3) is 0.889. The van der Waals surface area contributed by atoms with Crippen molar-refractivity contribution in [2.75, 3.05) is 7.05 Å². The van der Waals surface area contributed by atoms with Gasteiger partial charge in [0.2, 0.25) is 5.91 Å². The predicted octanol–water partition coefficient (Wildman–Crippen LogP) is 1.80. The van der Waals surface area contributed by atoms with E-state index in [1.54, 1.807) is 7.05 Å². The third-order valence-corrected chi connectivity index (χ3v) is 1.61. The largest absolute Gasteiger partial charge is 0.359 e. The van der Waals surface area contributed by atoms with E-state index >= 15 is 0 Å². The number of rotatable bonds is 2. The summed E-state index contributed by atoms with van der Waals surface area (Å²) in [4.78, 5) is 11.1. The summed E-state index contributed by atoms with van der Waals surface area (Å²) in [5, 5.41) is 2.65. The molecule has 0 saturated carbocycles. The first kappa shape index (κ1) is 10.5. The van der Waals surface area contributed by atoms with Crippen LogP contribution in [0.3, 0.4) is 0 Å². The fourth-order valence-electron chi connectivity index (χ4n) is 1.26. The molecule has 11 heavy (non-hydrogen) atoms. The van der Waals surface area contributed by atoms with E-state index < -0.39 is 0 Å². The van der Waals surface area contributed by atoms with Crippen molar-refractivity contribution < 1.29 is 4.79 Å². The minimum absolute atomic E-state index is 0.125. The maximum atomic E-state index is 11.1. The van der Waals surface area contributed by atoms with Gasteiger partial charge in [-0.15, -0.1) is 0 Å². The zero-order valence-electron chi connectivity index (χ0n) is 8.19. The van der Waals surface area contributed by atoms with Crippen molar-refractivity contribution in [3.05, 3.63) is 0 Å². The summed E-state index contributed by atoms with van der Waals surface area (Å²) in [7, 11) is 1.68. The lowest BCUT2D eigenvalue weighted by Crippen LogP contribution is -2.28. The molecular formula is C9H19NO. The Balaban J connectivity index is 3.87. The molecule has 0 aromatic heterocycles. The second-order valence-electron chi connectivity index (χ2n) is 4.28. The second-order valence-corrected chi connectivity index (χ2v) is 4.28. The Morgan fingerprint density at radius 1 is 1.45 bits per heavy atom. The lowest BCUT2D eigenvalue weighted by Gasteiger charge is -2.21. The summed E-state index contributed by atoms with van der Waals surface area (Å²) >= 11 is 0. The molecule has 2 heteroatoms. The summed E-state index contributed by atoms with van der Waals surface area (Å²) in [6.07, 6.45) is 0.937. The van der Waals surface area contributed by atoms with Crippen molar-refractivity contribution in [2.24, 2.45) is 11.3 Å². The van der Waals surface area contributed by atoms with Crippen molar-refractivity contribution in [3.63, 3.8) is 0 Å². The number of hydrogen-bond acceptors (Lipinski definition) is 1. The average Bonchev–Trinajstić information content (AvgIpc) is 1.82. The lowest BCUT2D eigenvalue weighted by atomic mass is 9.85. The SMILES string of the molecule is CNC(=O)[C@H](C)CC(C)(C)C. The quantitative estimate of drug-likeness (QED) is 0.650. The zero-order valence-corrected chi connectivity index (χ0v) is 8.19. The smallest absolute Gasteiger partial charge is 0.222 e. The van der Waals surface area contributed by atoms with Crippen LogP contribution in [0.2, 0.25) is 0 Å². The Morgan fingerprint density at radius 3 is 2.18 bits per heavy atom. The first-order chi connectivity index (χ1) is 4.87. The molecule has 0 unspecified atom stereocenters. The van der Waals surface area contributed by atoms with Crippen LogP contribution in [-0.2, 0) is 4.79 Å². The van der Waals surface area contributed by atoms with E-state index in [2.05, 4.69) is 26.1 Å². The third-order valence-electron chi connectivity index (χ3n) is 1.61. The molecule has 2 nitrogen and oxygen atoms in total. The second kappa shape index (κ2) is 3.74. The maximum absolute atomic E-state index is 11.1. The van der Waals surface area contributed by atoms with Crippen molar-refractivity contribution >= 4 is 5.91 Å². The molecule has 0 rings (SSSR count). The van der Waals surface area contributed by atoms with E-state index in [0.717, 1.165) is 6.42 Å². The molecule has 1 N–H and O–H groups in total. The van der Waals surface area contributed by atoms with Crippen molar-refractivity contribution in [3.8, 4) is 0 Å². The molecule has 0 radical (unpaired) electrons. The van der Waals surface area contributed by atoms with Crippen LogP contribution in [0.15, 0.2) is 0 Å². The first-order valence-corrected chi connectivity index (χ1v) is 4.08. The van der Waals surface area contributed by atoms with Crippen LogP contribution in [0.5, 0.6) is 0 Å². The van der Waals surface area contributed by atoms with Gasteiger partial charge >= 0.3 is 0 Å². The van der Waals surface area contributed by atoms with Gasteiger partial charge in [0.25, 0.3) is 0 Å². The maximum Gasteiger partial charge on any atom is 0.222 e. The summed E-state index contributed by atoms with van der Waals surface area (Å²) in [5.41, 5.74) is 0.242. The number of carbonyl (C=O) groups is 1. The zero-order chi connectivity index (χ0) is 9.07. The predicted molar refractivity (Wildman–Crippen MR) is 47.3 cm³/mol. The van der Waals surface area contributed by atoms with Crippen LogP contribution < -0.4 is 5.32 Å². The summed E-state index contributed by atoms with van der Waals surface area (Å²) in [6.45, 7) is 8.40. The molecule has 0 aliphatic carbocycles. The molecule has 0 aliphatic rings. The number of nitrogens with one attached hydrogen (secondary N) is 1. The summed E-state index contributed by atoms with van der Waals surface area (Å²) < 4.78 is 0. The molecule has 1 amide bonds. The minimum atomic E-state index is 0.125. The molecule has 0 spiro atoms. The molecule has 66 valence electrons. The van der Waals surface area contributed by atoms with Gasteiger partial charge in [0, 0.05) is 13.0 Å². The number of hydrogen-bond donors (Lipinski definition) is 1. The standard InChI is InChI=1S/C9H19NO/c1-7(8(11)10-5)6-9(2,3)4/h7H,6H2,1-5H3,(H,10,11)/t7-/m1/s1. The van der Waals surface area contributed by atoms with Gasteiger partial charge in [0.05, 0.1) is 0 Å². The van der Waals surface area contributed by atoms with Crippen LogP contribution in [0.4, 0.5) is 0 Å². The van der Waals surface area contributed by atoms with E-state index in [9.17, 15) is 4.79 Å². The highest BCUT2D eigenvalue weighted by Gasteiger charge is 2.19. The summed E-state index contributed by atoms with van der Waals surface area (Å²) in [5.74, 6) is 0.264. The Morgan fingerprint density at radius 2 is 1.91 bits per heavy atom. The Hall–Kier alpha value is -0.530. The minimum Gasteiger partial charge on any atom is -0.359 e. The first-order valence-electron chi connectivity index (χ1n) is 4.08. The molecule has 0 aromatic carbocycles. The van der Waals surface area contributed by atoms with Crippen molar-refractivity contribution in [2.45, 2.75) is 34.1 Å². The van der Waals surface area contributed by atoms with Crippen LogP contribution in [-0.4, -0.2) is 13.0 Å². The van der Waals surface area contributed by atoms with E-state index in [4.69, 9.17) is 0 Å². The molecule has 0 heterocycles.